The summed E-state index contributed by atoms with van der Waals surface area (Å²) in [4.78, 5) is 2.19. The van der Waals surface area contributed by atoms with Crippen LogP contribution in [0.4, 0.5) is 11.4 Å². The molecule has 2 N–H and O–H groups in total. The Labute approximate surface area is 141 Å². The molecule has 0 bridgehead atoms. The van der Waals surface area contributed by atoms with Gasteiger partial charge in [-0.15, -0.1) is 0 Å². The first-order valence-electron chi connectivity index (χ1n) is 7.75. The lowest BCUT2D eigenvalue weighted by molar-refractivity contribution is 0.122. The van der Waals surface area contributed by atoms with Gasteiger partial charge in [0.1, 0.15) is 0 Å². The third kappa shape index (κ3) is 4.25. The summed E-state index contributed by atoms with van der Waals surface area (Å²) in [6.45, 7) is 4.00. The monoisotopic (exact) mass is 348 g/mol. The molecule has 0 amide bonds. The molecule has 0 aliphatic carbocycles. The van der Waals surface area contributed by atoms with Gasteiger partial charge in [0.15, 0.2) is 0 Å². The standard InChI is InChI=1S/C17H20N2O4S/c20-24(21,22)17-7-3-15(4-8-17)18-13-14-1-5-16(6-2-14)19-9-11-23-12-10-19/h1-8,18H,9-13H2,(H,20,21,22). The van der Waals surface area contributed by atoms with Crippen molar-refractivity contribution in [2.24, 2.45) is 0 Å². The molecule has 2 aromatic rings. The zero-order valence-corrected chi connectivity index (χ0v) is 14.0. The largest absolute Gasteiger partial charge is 0.381 e. The molecule has 0 spiro atoms. The van der Waals surface area contributed by atoms with Crippen molar-refractivity contribution < 1.29 is 17.7 Å². The fourth-order valence-corrected chi connectivity index (χ4v) is 3.08. The zero-order chi connectivity index (χ0) is 17.0. The lowest BCUT2D eigenvalue weighted by atomic mass is 10.2. The van der Waals surface area contributed by atoms with Crippen molar-refractivity contribution in [3.05, 3.63) is 54.1 Å². The number of morpholine rings is 1. The first-order chi connectivity index (χ1) is 11.5. The SMILES string of the molecule is O=S(=O)(O)c1ccc(NCc2ccc(N3CCOCC3)cc2)cc1. The number of nitrogens with one attached hydrogen (secondary N) is 1. The van der Waals surface area contributed by atoms with Crippen LogP contribution < -0.4 is 10.2 Å². The summed E-state index contributed by atoms with van der Waals surface area (Å²) >= 11 is 0. The van der Waals surface area contributed by atoms with Crippen LogP contribution in [-0.2, 0) is 21.4 Å². The van der Waals surface area contributed by atoms with Gasteiger partial charge in [0.2, 0.25) is 0 Å². The summed E-state index contributed by atoms with van der Waals surface area (Å²) in [6.07, 6.45) is 0. The van der Waals surface area contributed by atoms with Crippen LogP contribution in [0.25, 0.3) is 0 Å². The van der Waals surface area contributed by atoms with E-state index in [9.17, 15) is 8.42 Å². The van der Waals surface area contributed by atoms with Gasteiger partial charge in [-0.3, -0.25) is 4.55 Å². The van der Waals surface area contributed by atoms with Gasteiger partial charge in [-0.25, -0.2) is 0 Å². The molecule has 3 rings (SSSR count). The van der Waals surface area contributed by atoms with E-state index in [1.54, 1.807) is 12.1 Å². The average Bonchev–Trinajstić information content (AvgIpc) is 2.61. The molecule has 2 aromatic carbocycles. The van der Waals surface area contributed by atoms with E-state index in [1.807, 2.05) is 0 Å². The molecule has 0 saturated carbocycles. The summed E-state index contributed by atoms with van der Waals surface area (Å²) < 4.78 is 36.3. The summed E-state index contributed by atoms with van der Waals surface area (Å²) in [5.74, 6) is 0. The van der Waals surface area contributed by atoms with E-state index in [1.165, 1.54) is 17.8 Å². The molecule has 1 aliphatic rings. The minimum absolute atomic E-state index is 0.108. The van der Waals surface area contributed by atoms with Gasteiger partial charge in [0.05, 0.1) is 18.1 Å². The Morgan fingerprint density at radius 2 is 1.62 bits per heavy atom. The Morgan fingerprint density at radius 1 is 1.00 bits per heavy atom. The molecule has 0 aromatic heterocycles. The minimum atomic E-state index is -4.14. The molecule has 6 nitrogen and oxygen atoms in total. The Morgan fingerprint density at radius 3 is 2.21 bits per heavy atom. The van der Waals surface area contributed by atoms with Gasteiger partial charge in [-0.2, -0.15) is 8.42 Å². The van der Waals surface area contributed by atoms with E-state index in [0.29, 0.717) is 6.54 Å². The number of benzene rings is 2. The zero-order valence-electron chi connectivity index (χ0n) is 13.2. The van der Waals surface area contributed by atoms with Gasteiger partial charge in [-0.1, -0.05) is 12.1 Å². The molecule has 7 heteroatoms. The second-order valence-corrected chi connectivity index (χ2v) is 7.04. The van der Waals surface area contributed by atoms with Crippen LogP contribution >= 0.6 is 0 Å². The molecule has 1 saturated heterocycles. The molecular weight excluding hydrogens is 328 g/mol. The lowest BCUT2D eigenvalue weighted by Gasteiger charge is -2.28. The second kappa shape index (κ2) is 7.21. The lowest BCUT2D eigenvalue weighted by Crippen LogP contribution is -2.36. The third-order valence-electron chi connectivity index (χ3n) is 3.96. The number of nitrogens with zero attached hydrogens (tertiary/aromatic N) is 1. The van der Waals surface area contributed by atoms with Crippen molar-refractivity contribution >= 4 is 21.5 Å². The number of anilines is 2. The third-order valence-corrected chi connectivity index (χ3v) is 4.83. The summed E-state index contributed by atoms with van der Waals surface area (Å²) in [5.41, 5.74) is 3.12. The Balaban J connectivity index is 1.58. The summed E-state index contributed by atoms with van der Waals surface area (Å²) in [6, 6.07) is 14.4. The molecule has 0 radical (unpaired) electrons. The van der Waals surface area contributed by atoms with Gasteiger partial charge < -0.3 is 15.0 Å². The Kier molecular flexibility index (Phi) is 5.03. The van der Waals surface area contributed by atoms with E-state index >= 15 is 0 Å². The van der Waals surface area contributed by atoms with E-state index in [4.69, 9.17) is 9.29 Å². The van der Waals surface area contributed by atoms with Gasteiger partial charge in [0.25, 0.3) is 10.1 Å². The molecule has 1 heterocycles. The van der Waals surface area contributed by atoms with Gasteiger partial charge in [0, 0.05) is 31.0 Å². The van der Waals surface area contributed by atoms with E-state index < -0.39 is 10.1 Å². The maximum absolute atomic E-state index is 11.0. The maximum atomic E-state index is 11.0. The van der Waals surface area contributed by atoms with E-state index in [-0.39, 0.29) is 4.90 Å². The molecule has 1 fully saturated rings. The molecule has 24 heavy (non-hydrogen) atoms. The van der Waals surface area contributed by atoms with Crippen LogP contribution in [0.3, 0.4) is 0 Å². The summed E-state index contributed by atoms with van der Waals surface area (Å²) in [7, 11) is -4.14. The topological polar surface area (TPSA) is 78.9 Å². The average molecular weight is 348 g/mol. The van der Waals surface area contributed by atoms with E-state index in [0.717, 1.165) is 37.6 Å². The normalized spacial score (nSPS) is 15.3. The molecule has 1 aliphatic heterocycles. The predicted molar refractivity (Wildman–Crippen MR) is 93.1 cm³/mol. The van der Waals surface area contributed by atoms with Crippen molar-refractivity contribution in [2.75, 3.05) is 36.5 Å². The van der Waals surface area contributed by atoms with Crippen LogP contribution in [0.2, 0.25) is 0 Å². The highest BCUT2D eigenvalue weighted by Crippen LogP contribution is 2.18. The molecule has 0 unspecified atom stereocenters. The molecular formula is C17H20N2O4S. The van der Waals surface area contributed by atoms with Gasteiger partial charge in [-0.05, 0) is 42.0 Å². The second-order valence-electron chi connectivity index (χ2n) is 5.62. The van der Waals surface area contributed by atoms with Gasteiger partial charge >= 0.3 is 0 Å². The highest BCUT2D eigenvalue weighted by atomic mass is 32.2. The van der Waals surface area contributed by atoms with Crippen molar-refractivity contribution in [3.63, 3.8) is 0 Å². The van der Waals surface area contributed by atoms with Crippen molar-refractivity contribution in [1.29, 1.82) is 0 Å². The quantitative estimate of drug-likeness (QED) is 0.808. The number of rotatable bonds is 5. The highest BCUT2D eigenvalue weighted by molar-refractivity contribution is 7.85. The van der Waals surface area contributed by atoms with Crippen LogP contribution in [0.1, 0.15) is 5.56 Å². The van der Waals surface area contributed by atoms with Crippen molar-refractivity contribution in [1.82, 2.24) is 0 Å². The van der Waals surface area contributed by atoms with Crippen LogP contribution in [0, 0.1) is 0 Å². The fourth-order valence-electron chi connectivity index (χ4n) is 2.60. The number of hydrogen-bond donors (Lipinski definition) is 2. The molecule has 0 atom stereocenters. The minimum Gasteiger partial charge on any atom is -0.381 e. The van der Waals surface area contributed by atoms with Crippen LogP contribution in [0.15, 0.2) is 53.4 Å². The van der Waals surface area contributed by atoms with Crippen LogP contribution in [0.5, 0.6) is 0 Å². The predicted octanol–water partition coefficient (Wildman–Crippen LogP) is 2.38. The van der Waals surface area contributed by atoms with Crippen molar-refractivity contribution in [2.45, 2.75) is 11.4 Å². The molecule has 128 valence electrons. The smallest absolute Gasteiger partial charge is 0.294 e. The van der Waals surface area contributed by atoms with Crippen LogP contribution in [-0.4, -0.2) is 39.3 Å². The number of hydrogen-bond acceptors (Lipinski definition) is 5. The van der Waals surface area contributed by atoms with Crippen molar-refractivity contribution in [3.8, 4) is 0 Å². The highest BCUT2D eigenvalue weighted by Gasteiger charge is 2.11. The first kappa shape index (κ1) is 16.8. The fraction of sp³-hybridized carbons (Fsp3) is 0.294. The maximum Gasteiger partial charge on any atom is 0.294 e. The van der Waals surface area contributed by atoms with E-state index in [2.05, 4.69) is 34.5 Å². The number of ether oxygens (including phenoxy) is 1. The Bertz CT molecular complexity index is 767. The Hall–Kier alpha value is -2.09. The summed E-state index contributed by atoms with van der Waals surface area (Å²) in [5, 5.41) is 3.23. The first-order valence-corrected chi connectivity index (χ1v) is 9.19.